The molecule has 33 heavy (non-hydrogen) atoms. The predicted molar refractivity (Wildman–Crippen MR) is 135 cm³/mol. The number of halogens is 2. The van der Waals surface area contributed by atoms with E-state index in [2.05, 4.69) is 67.8 Å². The number of anilines is 1. The van der Waals surface area contributed by atoms with Crippen LogP contribution >= 0.6 is 11.9 Å². The number of alkyl halides is 2. The average Bonchev–Trinajstić information content (AvgIpc) is 3.24. The number of nitrogens with zero attached hydrogens (tertiary/aromatic N) is 5. The lowest BCUT2D eigenvalue weighted by Crippen LogP contribution is -2.31. The molecule has 2 aromatic carbocycles. The Morgan fingerprint density at radius 1 is 0.970 bits per heavy atom. The molecule has 2 aliphatic rings. The molecular weight excluding hydrogens is 440 g/mol. The molecule has 0 spiro atoms. The van der Waals surface area contributed by atoms with Crippen LogP contribution in [0.25, 0.3) is 0 Å². The van der Waals surface area contributed by atoms with Gasteiger partial charge in [0.2, 0.25) is 0 Å². The van der Waals surface area contributed by atoms with Gasteiger partial charge >= 0.3 is 0 Å². The summed E-state index contributed by atoms with van der Waals surface area (Å²) in [6.45, 7) is 6.45. The molecular formula is C25H31F2N5S. The highest BCUT2D eigenvalue weighted by Crippen LogP contribution is 2.26. The first-order valence-electron chi connectivity index (χ1n) is 11.5. The van der Waals surface area contributed by atoms with Crippen LogP contribution in [0.2, 0.25) is 0 Å². The maximum absolute atomic E-state index is 12.8. The van der Waals surface area contributed by atoms with Crippen LogP contribution in [0.5, 0.6) is 0 Å². The Balaban J connectivity index is 1.36. The Kier molecular flexibility index (Phi) is 8.47. The van der Waals surface area contributed by atoms with Crippen molar-refractivity contribution in [3.8, 4) is 0 Å². The predicted octanol–water partition coefficient (Wildman–Crippen LogP) is 4.79. The summed E-state index contributed by atoms with van der Waals surface area (Å²) < 4.78 is 28.0. The van der Waals surface area contributed by atoms with Gasteiger partial charge in [0.1, 0.15) is 5.71 Å². The van der Waals surface area contributed by atoms with Crippen molar-refractivity contribution in [1.29, 1.82) is 0 Å². The molecule has 176 valence electrons. The van der Waals surface area contributed by atoms with E-state index >= 15 is 0 Å². The third-order valence-electron chi connectivity index (χ3n) is 6.02. The summed E-state index contributed by atoms with van der Waals surface area (Å²) in [6, 6.07) is 18.5. The molecule has 0 aliphatic carbocycles. The first kappa shape index (κ1) is 23.9. The molecule has 1 fully saturated rings. The first-order chi connectivity index (χ1) is 16.1. The monoisotopic (exact) mass is 471 g/mol. The van der Waals surface area contributed by atoms with Crippen molar-refractivity contribution in [1.82, 2.24) is 9.80 Å². The molecule has 0 N–H and O–H groups in total. The van der Waals surface area contributed by atoms with Gasteiger partial charge in [-0.1, -0.05) is 42.5 Å². The number of likely N-dealkylation sites (N-methyl/N-ethyl adjacent to an activating group) is 1. The van der Waals surface area contributed by atoms with E-state index in [4.69, 9.17) is 0 Å². The number of rotatable bonds is 9. The molecule has 0 bridgehead atoms. The zero-order valence-electron chi connectivity index (χ0n) is 19.0. The summed E-state index contributed by atoms with van der Waals surface area (Å²) in [5.41, 5.74) is 3.65. The first-order valence-corrected chi connectivity index (χ1v) is 12.4. The minimum absolute atomic E-state index is 0.120. The smallest absolute Gasteiger partial charge is 0.278 e. The van der Waals surface area contributed by atoms with Gasteiger partial charge < -0.3 is 14.1 Å². The molecule has 0 atom stereocenters. The van der Waals surface area contributed by atoms with E-state index in [0.717, 1.165) is 37.5 Å². The lowest BCUT2D eigenvalue weighted by Gasteiger charge is -2.26. The third kappa shape index (κ3) is 6.85. The molecule has 0 aromatic heterocycles. The van der Waals surface area contributed by atoms with E-state index in [0.29, 0.717) is 5.71 Å². The molecule has 4 rings (SSSR count). The summed E-state index contributed by atoms with van der Waals surface area (Å²) in [7, 11) is 2.20. The zero-order chi connectivity index (χ0) is 23.0. The van der Waals surface area contributed by atoms with Crippen molar-refractivity contribution in [2.45, 2.75) is 25.8 Å². The molecule has 2 aliphatic heterocycles. The molecule has 0 radical (unpaired) electrons. The van der Waals surface area contributed by atoms with Gasteiger partial charge in [-0.2, -0.15) is 10.2 Å². The Bertz CT molecular complexity index is 949. The molecule has 1 saturated heterocycles. The molecule has 0 saturated carbocycles. The van der Waals surface area contributed by atoms with Crippen LogP contribution in [0, 0.1) is 0 Å². The summed E-state index contributed by atoms with van der Waals surface area (Å²) >= 11 is 1.86. The normalized spacial score (nSPS) is 17.7. The van der Waals surface area contributed by atoms with E-state index in [1.807, 2.05) is 30.1 Å². The van der Waals surface area contributed by atoms with Crippen molar-refractivity contribution >= 4 is 29.1 Å². The summed E-state index contributed by atoms with van der Waals surface area (Å²) in [5.74, 6) is 1.03. The van der Waals surface area contributed by atoms with Gasteiger partial charge in [0.15, 0.2) is 0 Å². The van der Waals surface area contributed by atoms with Crippen LogP contribution in [0.3, 0.4) is 0 Å². The standard InChI is InChI=1S/C25H31F2N5S/c1-30-12-5-13-31(15-14-30)16-17-33-32(22-6-3-2-4-7-22)19-20-8-10-21(11-9-20)23-18-24(25(26)27)29-28-23/h2-4,6-11,25H,5,12-19H2,1H3. The van der Waals surface area contributed by atoms with Gasteiger partial charge in [0.25, 0.3) is 6.43 Å². The zero-order valence-corrected chi connectivity index (χ0v) is 19.9. The van der Waals surface area contributed by atoms with Crippen LogP contribution < -0.4 is 4.31 Å². The quantitative estimate of drug-likeness (QED) is 0.493. The van der Waals surface area contributed by atoms with E-state index in [1.54, 1.807) is 0 Å². The van der Waals surface area contributed by atoms with Gasteiger partial charge in [-0.3, -0.25) is 0 Å². The largest absolute Gasteiger partial charge is 0.312 e. The number of hydrogen-bond acceptors (Lipinski definition) is 6. The van der Waals surface area contributed by atoms with Gasteiger partial charge in [-0.25, -0.2) is 8.78 Å². The van der Waals surface area contributed by atoms with Gasteiger partial charge in [-0.05, 0) is 61.8 Å². The van der Waals surface area contributed by atoms with Crippen molar-refractivity contribution in [3.05, 3.63) is 65.7 Å². The lowest BCUT2D eigenvalue weighted by molar-refractivity contribution is 0.224. The second kappa shape index (κ2) is 11.7. The highest BCUT2D eigenvalue weighted by atomic mass is 32.2. The van der Waals surface area contributed by atoms with Crippen LogP contribution in [0.1, 0.15) is 24.0 Å². The Labute approximate surface area is 199 Å². The number of benzene rings is 2. The van der Waals surface area contributed by atoms with E-state index < -0.39 is 6.43 Å². The fourth-order valence-corrected chi connectivity index (χ4v) is 5.10. The van der Waals surface area contributed by atoms with Gasteiger partial charge in [0.05, 0.1) is 12.3 Å². The van der Waals surface area contributed by atoms with Crippen molar-refractivity contribution < 1.29 is 8.78 Å². The van der Waals surface area contributed by atoms with E-state index in [9.17, 15) is 8.78 Å². The maximum atomic E-state index is 12.8. The van der Waals surface area contributed by atoms with Crippen LogP contribution in [-0.2, 0) is 6.54 Å². The Morgan fingerprint density at radius 3 is 2.48 bits per heavy atom. The Morgan fingerprint density at radius 2 is 1.76 bits per heavy atom. The molecule has 5 nitrogen and oxygen atoms in total. The second-order valence-electron chi connectivity index (χ2n) is 8.52. The molecule has 8 heteroatoms. The molecule has 2 heterocycles. The van der Waals surface area contributed by atoms with Crippen molar-refractivity contribution in [3.63, 3.8) is 0 Å². The number of hydrogen-bond donors (Lipinski definition) is 0. The molecule has 0 amide bonds. The summed E-state index contributed by atoms with van der Waals surface area (Å²) in [4.78, 5) is 4.97. The molecule has 2 aromatic rings. The van der Waals surface area contributed by atoms with Crippen LogP contribution in [-0.4, -0.2) is 73.2 Å². The molecule has 0 unspecified atom stereocenters. The fraction of sp³-hybridized carbons (Fsp3) is 0.440. The number of para-hydroxylation sites is 1. The highest BCUT2D eigenvalue weighted by Gasteiger charge is 2.22. The Hall–Kier alpha value is -2.29. The average molecular weight is 472 g/mol. The third-order valence-corrected chi connectivity index (χ3v) is 7.04. The van der Waals surface area contributed by atoms with Crippen LogP contribution in [0.15, 0.2) is 64.8 Å². The van der Waals surface area contributed by atoms with Crippen molar-refractivity contribution in [2.24, 2.45) is 10.2 Å². The highest BCUT2D eigenvalue weighted by molar-refractivity contribution is 8.00. The minimum atomic E-state index is -2.54. The summed E-state index contributed by atoms with van der Waals surface area (Å²) in [6.07, 6.45) is -1.20. The topological polar surface area (TPSA) is 34.4 Å². The SMILES string of the molecule is CN1CCCN(CCSN(Cc2ccc(C3=NN=C(C(F)F)C3)cc2)c2ccccc2)CC1. The minimum Gasteiger partial charge on any atom is -0.312 e. The van der Waals surface area contributed by atoms with Gasteiger partial charge in [0, 0.05) is 37.5 Å². The van der Waals surface area contributed by atoms with Crippen molar-refractivity contribution in [2.75, 3.05) is 49.8 Å². The summed E-state index contributed by atoms with van der Waals surface area (Å²) in [5, 5.41) is 7.57. The lowest BCUT2D eigenvalue weighted by atomic mass is 10.0. The van der Waals surface area contributed by atoms with Gasteiger partial charge in [-0.15, -0.1) is 0 Å². The van der Waals surface area contributed by atoms with E-state index in [-0.39, 0.29) is 12.1 Å². The fourth-order valence-electron chi connectivity index (χ4n) is 4.03. The maximum Gasteiger partial charge on any atom is 0.278 e. The van der Waals surface area contributed by atoms with E-state index in [1.165, 1.54) is 30.8 Å². The van der Waals surface area contributed by atoms with Crippen LogP contribution in [0.4, 0.5) is 14.5 Å². The second-order valence-corrected chi connectivity index (χ2v) is 9.62.